The van der Waals surface area contributed by atoms with E-state index < -0.39 is 0 Å². The fourth-order valence-electron chi connectivity index (χ4n) is 2.89. The van der Waals surface area contributed by atoms with E-state index in [-0.39, 0.29) is 5.82 Å². The molecule has 1 aliphatic heterocycles. The van der Waals surface area contributed by atoms with E-state index in [1.165, 1.54) is 6.42 Å². The number of aryl methyl sites for hydroxylation is 1. The molecule has 2 aromatic heterocycles. The molecule has 0 bridgehead atoms. The molecular formula is C18H22FN5. The molecule has 0 radical (unpaired) electrons. The lowest BCUT2D eigenvalue weighted by molar-refractivity contribution is 0.551. The quantitative estimate of drug-likeness (QED) is 0.892. The van der Waals surface area contributed by atoms with E-state index in [4.69, 9.17) is 5.73 Å². The Labute approximate surface area is 141 Å². The van der Waals surface area contributed by atoms with Crippen molar-refractivity contribution in [3.8, 4) is 0 Å². The average molecular weight is 327 g/mol. The minimum atomic E-state index is -0.365. The molecule has 1 aliphatic rings. The number of nitrogens with two attached hydrogens (primary N) is 1. The van der Waals surface area contributed by atoms with Crippen LogP contribution in [0.1, 0.15) is 30.4 Å². The Bertz CT molecular complexity index is 753. The minimum absolute atomic E-state index is 0.337. The first-order valence-electron chi connectivity index (χ1n) is 8.16. The van der Waals surface area contributed by atoms with Crippen LogP contribution in [0.2, 0.25) is 0 Å². The normalized spacial score (nSPS) is 14.5. The first-order valence-corrected chi connectivity index (χ1v) is 8.16. The molecular weight excluding hydrogens is 305 g/mol. The molecule has 3 heterocycles. The SMILES string of the molecule is C=Cc1cc(C)c(N)nc1Nc1ccnc(N2CCCCC2)c1F. The van der Waals surface area contributed by atoms with Gasteiger partial charge in [0, 0.05) is 24.8 Å². The number of hydrogen-bond acceptors (Lipinski definition) is 5. The van der Waals surface area contributed by atoms with Crippen LogP contribution in [0.25, 0.3) is 6.08 Å². The highest BCUT2D eigenvalue weighted by molar-refractivity contribution is 5.72. The van der Waals surface area contributed by atoms with Gasteiger partial charge in [0.1, 0.15) is 11.6 Å². The Morgan fingerprint density at radius 3 is 2.79 bits per heavy atom. The number of nitrogen functional groups attached to an aromatic ring is 1. The van der Waals surface area contributed by atoms with Crippen LogP contribution in [-0.2, 0) is 0 Å². The lowest BCUT2D eigenvalue weighted by Crippen LogP contribution is -2.31. The highest BCUT2D eigenvalue weighted by Gasteiger charge is 2.19. The van der Waals surface area contributed by atoms with Crippen molar-refractivity contribution in [1.29, 1.82) is 0 Å². The van der Waals surface area contributed by atoms with Crippen molar-refractivity contribution in [3.05, 3.63) is 41.9 Å². The maximum absolute atomic E-state index is 14.9. The van der Waals surface area contributed by atoms with Gasteiger partial charge < -0.3 is 16.0 Å². The van der Waals surface area contributed by atoms with Gasteiger partial charge in [-0.1, -0.05) is 12.7 Å². The standard InChI is InChI=1S/C18H22FN5/c1-3-13-11-12(2)16(20)23-17(13)22-14-7-8-21-18(15(14)19)24-9-5-4-6-10-24/h3,7-8,11H,1,4-6,9-10H2,2H3,(H3,20,21,22,23). The second kappa shape index (κ2) is 6.86. The predicted molar refractivity (Wildman–Crippen MR) is 97.0 cm³/mol. The van der Waals surface area contributed by atoms with E-state index >= 15 is 0 Å². The molecule has 1 fully saturated rings. The fourth-order valence-corrected chi connectivity index (χ4v) is 2.89. The summed E-state index contributed by atoms with van der Waals surface area (Å²) in [7, 11) is 0. The first-order chi connectivity index (χ1) is 11.6. The maximum Gasteiger partial charge on any atom is 0.189 e. The van der Waals surface area contributed by atoms with Crippen molar-refractivity contribution in [2.24, 2.45) is 0 Å². The second-order valence-electron chi connectivity index (χ2n) is 6.00. The summed E-state index contributed by atoms with van der Waals surface area (Å²) in [6, 6.07) is 3.48. The number of aromatic nitrogens is 2. The van der Waals surface area contributed by atoms with Crippen LogP contribution in [0.4, 0.5) is 27.5 Å². The molecule has 0 aromatic carbocycles. The van der Waals surface area contributed by atoms with E-state index in [9.17, 15) is 4.39 Å². The van der Waals surface area contributed by atoms with Crippen LogP contribution in [0.3, 0.4) is 0 Å². The fraction of sp³-hybridized carbons (Fsp3) is 0.333. The van der Waals surface area contributed by atoms with Gasteiger partial charge in [-0.3, -0.25) is 0 Å². The highest BCUT2D eigenvalue weighted by atomic mass is 19.1. The number of rotatable bonds is 4. The molecule has 3 rings (SSSR count). The molecule has 0 spiro atoms. The van der Waals surface area contributed by atoms with Gasteiger partial charge >= 0.3 is 0 Å². The lowest BCUT2D eigenvalue weighted by Gasteiger charge is -2.28. The Balaban J connectivity index is 1.93. The number of anilines is 4. The van der Waals surface area contributed by atoms with Gasteiger partial charge in [-0.2, -0.15) is 0 Å². The number of nitrogens with zero attached hydrogens (tertiary/aromatic N) is 3. The van der Waals surface area contributed by atoms with Crippen LogP contribution in [0.15, 0.2) is 24.9 Å². The number of pyridine rings is 2. The summed E-state index contributed by atoms with van der Waals surface area (Å²) in [6.07, 6.45) is 6.60. The van der Waals surface area contributed by atoms with Crippen LogP contribution in [-0.4, -0.2) is 23.1 Å². The molecule has 5 nitrogen and oxygen atoms in total. The van der Waals surface area contributed by atoms with E-state index in [1.54, 1.807) is 18.3 Å². The predicted octanol–water partition coefficient (Wildman–Crippen LogP) is 3.88. The Morgan fingerprint density at radius 2 is 2.08 bits per heavy atom. The van der Waals surface area contributed by atoms with Crippen LogP contribution in [0.5, 0.6) is 0 Å². The smallest absolute Gasteiger partial charge is 0.189 e. The molecule has 2 aromatic rings. The zero-order valence-electron chi connectivity index (χ0n) is 13.8. The van der Waals surface area contributed by atoms with E-state index in [0.717, 1.165) is 37.1 Å². The minimum Gasteiger partial charge on any atom is -0.383 e. The maximum atomic E-state index is 14.9. The van der Waals surface area contributed by atoms with Gasteiger partial charge in [0.2, 0.25) is 0 Å². The monoisotopic (exact) mass is 327 g/mol. The van der Waals surface area contributed by atoms with Crippen molar-refractivity contribution in [2.75, 3.05) is 29.0 Å². The Morgan fingerprint density at radius 1 is 1.33 bits per heavy atom. The van der Waals surface area contributed by atoms with Gasteiger partial charge in [-0.25, -0.2) is 14.4 Å². The number of halogens is 1. The Kier molecular flexibility index (Phi) is 4.64. The largest absolute Gasteiger partial charge is 0.383 e. The van der Waals surface area contributed by atoms with Gasteiger partial charge in [-0.05, 0) is 43.9 Å². The van der Waals surface area contributed by atoms with Gasteiger partial charge in [0.05, 0.1) is 5.69 Å². The number of hydrogen-bond donors (Lipinski definition) is 2. The lowest BCUT2D eigenvalue weighted by atomic mass is 10.1. The van der Waals surface area contributed by atoms with Crippen molar-refractivity contribution in [3.63, 3.8) is 0 Å². The van der Waals surface area contributed by atoms with Gasteiger partial charge in [0.25, 0.3) is 0 Å². The summed E-state index contributed by atoms with van der Waals surface area (Å²) in [4.78, 5) is 10.5. The van der Waals surface area contributed by atoms with Crippen molar-refractivity contribution in [2.45, 2.75) is 26.2 Å². The molecule has 126 valence electrons. The molecule has 3 N–H and O–H groups in total. The number of nitrogens with one attached hydrogen (secondary N) is 1. The first kappa shape index (κ1) is 16.2. The summed E-state index contributed by atoms with van der Waals surface area (Å²) in [5.41, 5.74) is 7.86. The topological polar surface area (TPSA) is 67.1 Å². The van der Waals surface area contributed by atoms with Crippen LogP contribution >= 0.6 is 0 Å². The summed E-state index contributed by atoms with van der Waals surface area (Å²) in [6.45, 7) is 7.33. The molecule has 0 atom stereocenters. The van der Waals surface area contributed by atoms with Crippen LogP contribution < -0.4 is 16.0 Å². The van der Waals surface area contributed by atoms with E-state index in [2.05, 4.69) is 21.9 Å². The molecule has 24 heavy (non-hydrogen) atoms. The van der Waals surface area contributed by atoms with Gasteiger partial charge in [-0.15, -0.1) is 0 Å². The Hall–Kier alpha value is -2.63. The highest BCUT2D eigenvalue weighted by Crippen LogP contribution is 2.29. The third-order valence-corrected chi connectivity index (χ3v) is 4.28. The van der Waals surface area contributed by atoms with Gasteiger partial charge in [0.15, 0.2) is 11.6 Å². The summed E-state index contributed by atoms with van der Waals surface area (Å²) in [5.74, 6) is 0.923. The summed E-state index contributed by atoms with van der Waals surface area (Å²) < 4.78 is 14.9. The second-order valence-corrected chi connectivity index (χ2v) is 6.00. The van der Waals surface area contributed by atoms with Crippen LogP contribution in [0, 0.1) is 12.7 Å². The zero-order chi connectivity index (χ0) is 17.1. The molecule has 0 unspecified atom stereocenters. The van der Waals surface area contributed by atoms with Crippen molar-refractivity contribution in [1.82, 2.24) is 9.97 Å². The third kappa shape index (κ3) is 3.18. The molecule has 1 saturated heterocycles. The van der Waals surface area contributed by atoms with Crippen molar-refractivity contribution < 1.29 is 4.39 Å². The zero-order valence-corrected chi connectivity index (χ0v) is 13.8. The molecule has 0 aliphatic carbocycles. The summed E-state index contributed by atoms with van der Waals surface area (Å²) in [5, 5.41) is 3.04. The molecule has 0 saturated carbocycles. The van der Waals surface area contributed by atoms with Crippen molar-refractivity contribution >= 4 is 29.2 Å². The third-order valence-electron chi connectivity index (χ3n) is 4.28. The number of piperidine rings is 1. The molecule has 6 heteroatoms. The summed E-state index contributed by atoms with van der Waals surface area (Å²) >= 11 is 0. The van der Waals surface area contributed by atoms with E-state index in [0.29, 0.717) is 23.1 Å². The molecule has 0 amide bonds. The van der Waals surface area contributed by atoms with E-state index in [1.807, 2.05) is 17.9 Å². The average Bonchev–Trinajstić information content (AvgIpc) is 2.60.